The van der Waals surface area contributed by atoms with Crippen LogP contribution in [0, 0.1) is 19.8 Å². The maximum Gasteiger partial charge on any atom is 0.333 e. The number of carboxylic acid groups (broad SMARTS) is 1. The van der Waals surface area contributed by atoms with Crippen molar-refractivity contribution in [3.8, 4) is 0 Å². The predicted octanol–water partition coefficient (Wildman–Crippen LogP) is 2.97. The van der Waals surface area contributed by atoms with Gasteiger partial charge in [-0.3, -0.25) is 0 Å². The molecule has 0 spiro atoms. The molecule has 0 saturated heterocycles. The van der Waals surface area contributed by atoms with Crippen molar-refractivity contribution in [1.82, 2.24) is 0 Å². The smallest absolute Gasteiger partial charge is 0.333 e. The summed E-state index contributed by atoms with van der Waals surface area (Å²) in [7, 11) is 0. The highest BCUT2D eigenvalue weighted by Crippen LogP contribution is 2.14. The minimum atomic E-state index is -0.893. The zero-order chi connectivity index (χ0) is 13.7. The Labute approximate surface area is 109 Å². The van der Waals surface area contributed by atoms with Gasteiger partial charge in [-0.15, -0.1) is 0 Å². The second-order valence-electron chi connectivity index (χ2n) is 5.19. The van der Waals surface area contributed by atoms with E-state index in [1.807, 2.05) is 39.8 Å². The van der Waals surface area contributed by atoms with E-state index < -0.39 is 12.1 Å². The molecule has 1 aromatic rings. The summed E-state index contributed by atoms with van der Waals surface area (Å²) in [5, 5.41) is 9.17. The maximum absolute atomic E-state index is 11.2. The molecule has 1 N–H and O–H groups in total. The van der Waals surface area contributed by atoms with Crippen LogP contribution < -0.4 is 0 Å². The Morgan fingerprint density at radius 2 is 2.00 bits per heavy atom. The zero-order valence-electron chi connectivity index (χ0n) is 11.6. The number of carboxylic acids is 1. The number of aryl methyl sites for hydroxylation is 2. The van der Waals surface area contributed by atoms with Crippen molar-refractivity contribution in [2.75, 3.05) is 6.61 Å². The molecular weight excluding hydrogens is 228 g/mol. The monoisotopic (exact) mass is 250 g/mol. The molecule has 0 unspecified atom stereocenters. The standard InChI is InChI=1S/C15H22O3/c1-10(2)9-18-14(15(16)17)8-13-6-5-11(3)7-12(13)4/h5-7,10,14H,8-9H2,1-4H3,(H,16,17)/t14-/m0/s1. The molecule has 1 atom stereocenters. The lowest BCUT2D eigenvalue weighted by Crippen LogP contribution is -2.28. The minimum absolute atomic E-state index is 0.339. The number of carbonyl (C=O) groups is 1. The molecule has 0 heterocycles. The molecule has 0 saturated carbocycles. The first kappa shape index (κ1) is 14.7. The van der Waals surface area contributed by atoms with Crippen molar-refractivity contribution in [3.05, 3.63) is 34.9 Å². The van der Waals surface area contributed by atoms with Crippen molar-refractivity contribution in [3.63, 3.8) is 0 Å². The Hall–Kier alpha value is -1.35. The summed E-state index contributed by atoms with van der Waals surface area (Å²) in [4.78, 5) is 11.2. The first-order valence-corrected chi connectivity index (χ1v) is 6.30. The quantitative estimate of drug-likeness (QED) is 0.844. The van der Waals surface area contributed by atoms with Crippen molar-refractivity contribution < 1.29 is 14.6 Å². The van der Waals surface area contributed by atoms with Gasteiger partial charge in [0.1, 0.15) is 0 Å². The topological polar surface area (TPSA) is 46.5 Å². The number of hydrogen-bond donors (Lipinski definition) is 1. The van der Waals surface area contributed by atoms with Crippen LogP contribution in [0.15, 0.2) is 18.2 Å². The Morgan fingerprint density at radius 1 is 1.33 bits per heavy atom. The van der Waals surface area contributed by atoms with Crippen LogP contribution in [0.1, 0.15) is 30.5 Å². The van der Waals surface area contributed by atoms with Crippen LogP contribution in [0.25, 0.3) is 0 Å². The Bertz CT molecular complexity index is 410. The predicted molar refractivity (Wildman–Crippen MR) is 71.8 cm³/mol. The molecule has 0 fully saturated rings. The van der Waals surface area contributed by atoms with Gasteiger partial charge in [0.2, 0.25) is 0 Å². The van der Waals surface area contributed by atoms with Gasteiger partial charge in [0.05, 0.1) is 6.61 Å². The minimum Gasteiger partial charge on any atom is -0.479 e. The van der Waals surface area contributed by atoms with Crippen molar-refractivity contribution in [2.24, 2.45) is 5.92 Å². The van der Waals surface area contributed by atoms with E-state index in [4.69, 9.17) is 9.84 Å². The lowest BCUT2D eigenvalue weighted by atomic mass is 10.0. The second-order valence-corrected chi connectivity index (χ2v) is 5.19. The maximum atomic E-state index is 11.2. The fraction of sp³-hybridized carbons (Fsp3) is 0.533. The number of rotatable bonds is 6. The molecule has 0 aliphatic rings. The van der Waals surface area contributed by atoms with Gasteiger partial charge in [-0.05, 0) is 30.9 Å². The third kappa shape index (κ3) is 4.49. The normalized spacial score (nSPS) is 12.7. The largest absolute Gasteiger partial charge is 0.479 e. The summed E-state index contributed by atoms with van der Waals surface area (Å²) < 4.78 is 5.45. The van der Waals surface area contributed by atoms with E-state index in [1.54, 1.807) is 0 Å². The summed E-state index contributed by atoms with van der Waals surface area (Å²) >= 11 is 0. The van der Waals surface area contributed by atoms with Crippen LogP contribution in [-0.4, -0.2) is 23.8 Å². The number of benzene rings is 1. The van der Waals surface area contributed by atoms with E-state index in [1.165, 1.54) is 5.56 Å². The molecule has 3 heteroatoms. The van der Waals surface area contributed by atoms with E-state index in [0.29, 0.717) is 18.9 Å². The van der Waals surface area contributed by atoms with Gasteiger partial charge in [0.15, 0.2) is 6.10 Å². The highest BCUT2D eigenvalue weighted by Gasteiger charge is 2.19. The molecule has 18 heavy (non-hydrogen) atoms. The highest BCUT2D eigenvalue weighted by molar-refractivity contribution is 5.72. The molecule has 1 aromatic carbocycles. The van der Waals surface area contributed by atoms with Crippen LogP contribution in [0.3, 0.4) is 0 Å². The lowest BCUT2D eigenvalue weighted by Gasteiger charge is -2.16. The highest BCUT2D eigenvalue weighted by atomic mass is 16.5. The summed E-state index contributed by atoms with van der Waals surface area (Å²) in [6.07, 6.45) is -0.331. The first-order valence-electron chi connectivity index (χ1n) is 6.30. The molecule has 0 bridgehead atoms. The van der Waals surface area contributed by atoms with Gasteiger partial charge in [0.25, 0.3) is 0 Å². The van der Waals surface area contributed by atoms with Gasteiger partial charge < -0.3 is 9.84 Å². The van der Waals surface area contributed by atoms with E-state index >= 15 is 0 Å². The van der Waals surface area contributed by atoms with Crippen LogP contribution in [0.4, 0.5) is 0 Å². The molecular formula is C15H22O3. The SMILES string of the molecule is Cc1ccc(C[C@H](OCC(C)C)C(=O)O)c(C)c1. The van der Waals surface area contributed by atoms with Crippen LogP contribution in [0.5, 0.6) is 0 Å². The lowest BCUT2D eigenvalue weighted by molar-refractivity contribution is -0.150. The summed E-state index contributed by atoms with van der Waals surface area (Å²) in [6, 6.07) is 6.06. The van der Waals surface area contributed by atoms with Gasteiger partial charge in [-0.25, -0.2) is 4.79 Å². The molecule has 3 nitrogen and oxygen atoms in total. The summed E-state index contributed by atoms with van der Waals surface area (Å²) in [6.45, 7) is 8.53. The van der Waals surface area contributed by atoms with Gasteiger partial charge in [-0.1, -0.05) is 37.6 Å². The molecule has 0 aliphatic carbocycles. The molecule has 1 rings (SSSR count). The molecule has 0 amide bonds. The van der Waals surface area contributed by atoms with Gasteiger partial charge in [0, 0.05) is 6.42 Å². The molecule has 0 radical (unpaired) electrons. The number of hydrogen-bond acceptors (Lipinski definition) is 2. The van der Waals surface area contributed by atoms with E-state index in [2.05, 4.69) is 6.07 Å². The van der Waals surface area contributed by atoms with E-state index in [-0.39, 0.29) is 0 Å². The van der Waals surface area contributed by atoms with Crippen LogP contribution in [0.2, 0.25) is 0 Å². The van der Waals surface area contributed by atoms with Gasteiger partial charge >= 0.3 is 5.97 Å². The Morgan fingerprint density at radius 3 is 2.50 bits per heavy atom. The van der Waals surface area contributed by atoms with Crippen molar-refractivity contribution in [1.29, 1.82) is 0 Å². The molecule has 0 aliphatic heterocycles. The first-order chi connectivity index (χ1) is 8.40. The second kappa shape index (κ2) is 6.55. The zero-order valence-corrected chi connectivity index (χ0v) is 11.6. The van der Waals surface area contributed by atoms with Crippen LogP contribution >= 0.6 is 0 Å². The molecule has 100 valence electrons. The number of aliphatic carboxylic acids is 1. The van der Waals surface area contributed by atoms with E-state index in [0.717, 1.165) is 11.1 Å². The number of ether oxygens (including phenoxy) is 1. The average Bonchev–Trinajstić information content (AvgIpc) is 2.26. The third-order valence-electron chi connectivity index (χ3n) is 2.81. The Balaban J connectivity index is 2.73. The van der Waals surface area contributed by atoms with Gasteiger partial charge in [-0.2, -0.15) is 0 Å². The summed E-state index contributed by atoms with van der Waals surface area (Å²) in [5.41, 5.74) is 3.34. The Kier molecular flexibility index (Phi) is 5.35. The van der Waals surface area contributed by atoms with E-state index in [9.17, 15) is 4.79 Å². The third-order valence-corrected chi connectivity index (χ3v) is 2.81. The van der Waals surface area contributed by atoms with Crippen molar-refractivity contribution >= 4 is 5.97 Å². The fourth-order valence-corrected chi connectivity index (χ4v) is 1.80. The fourth-order valence-electron chi connectivity index (χ4n) is 1.80. The van der Waals surface area contributed by atoms with Crippen LogP contribution in [-0.2, 0) is 16.0 Å². The van der Waals surface area contributed by atoms with Crippen molar-refractivity contribution in [2.45, 2.75) is 40.2 Å². The summed E-state index contributed by atoms with van der Waals surface area (Å²) in [5.74, 6) is -0.554. The molecule has 0 aromatic heterocycles. The average molecular weight is 250 g/mol.